The second-order valence-corrected chi connectivity index (χ2v) is 6.23. The lowest BCUT2D eigenvalue weighted by molar-refractivity contribution is 0.313. The van der Waals surface area contributed by atoms with Gasteiger partial charge in [-0.05, 0) is 44.2 Å². The number of hydrogen-bond acceptors (Lipinski definition) is 3. The van der Waals surface area contributed by atoms with Crippen molar-refractivity contribution in [2.75, 3.05) is 38.1 Å². The van der Waals surface area contributed by atoms with Gasteiger partial charge in [-0.3, -0.25) is 0 Å². The van der Waals surface area contributed by atoms with Gasteiger partial charge in [-0.2, -0.15) is 0 Å². The monoisotopic (exact) mass is 282 g/mol. The molecule has 0 unspecified atom stereocenters. The van der Waals surface area contributed by atoms with Gasteiger partial charge in [-0.15, -0.1) is 0 Å². The summed E-state index contributed by atoms with van der Waals surface area (Å²) < 4.78 is 2.32. The van der Waals surface area contributed by atoms with Crippen LogP contribution in [0.2, 0.25) is 0 Å². The minimum absolute atomic E-state index is 0.680. The number of benzene rings is 1. The Labute approximate surface area is 126 Å². The van der Waals surface area contributed by atoms with Crippen LogP contribution in [-0.2, 0) is 0 Å². The number of rotatable bonds is 3. The lowest BCUT2D eigenvalue weighted by atomic mass is 10.1. The Morgan fingerprint density at radius 2 is 1.71 bits per heavy atom. The Hall–Kier alpha value is -1.81. The summed E-state index contributed by atoms with van der Waals surface area (Å²) in [6.45, 7) is 4.53. The van der Waals surface area contributed by atoms with Crippen molar-refractivity contribution in [3.05, 3.63) is 36.7 Å². The molecule has 0 radical (unpaired) electrons. The molecule has 110 valence electrons. The maximum absolute atomic E-state index is 4.54. The van der Waals surface area contributed by atoms with Crippen LogP contribution in [0.3, 0.4) is 0 Å². The number of hydrogen-bond donors (Lipinski definition) is 0. The summed E-state index contributed by atoms with van der Waals surface area (Å²) in [6.07, 6.45) is 6.62. The molecule has 0 bridgehead atoms. The third-order valence-corrected chi connectivity index (χ3v) is 4.60. The van der Waals surface area contributed by atoms with E-state index in [2.05, 4.69) is 56.9 Å². The van der Waals surface area contributed by atoms with Crippen molar-refractivity contribution in [3.63, 3.8) is 0 Å². The van der Waals surface area contributed by atoms with Crippen molar-refractivity contribution >= 4 is 5.69 Å². The van der Waals surface area contributed by atoms with Gasteiger partial charge in [0.05, 0.1) is 0 Å². The number of nitrogens with zero attached hydrogens (tertiary/aromatic N) is 4. The highest BCUT2D eigenvalue weighted by Gasteiger charge is 2.25. The molecule has 4 nitrogen and oxygen atoms in total. The number of imidazole rings is 1. The maximum Gasteiger partial charge on any atom is 0.140 e. The summed E-state index contributed by atoms with van der Waals surface area (Å²) in [6, 6.07) is 9.60. The van der Waals surface area contributed by atoms with Crippen molar-refractivity contribution in [2.24, 2.45) is 0 Å². The van der Waals surface area contributed by atoms with Crippen molar-refractivity contribution in [1.82, 2.24) is 14.5 Å². The molecule has 2 heterocycles. The third-order valence-electron chi connectivity index (χ3n) is 4.60. The summed E-state index contributed by atoms with van der Waals surface area (Å²) in [7, 11) is 2.19. The smallest absolute Gasteiger partial charge is 0.140 e. The van der Waals surface area contributed by atoms with Crippen LogP contribution in [0.4, 0.5) is 5.69 Å². The Bertz CT molecular complexity index is 604. The fourth-order valence-electron chi connectivity index (χ4n) is 3.07. The maximum atomic E-state index is 4.54. The molecule has 21 heavy (non-hydrogen) atoms. The molecule has 0 amide bonds. The molecule has 1 saturated carbocycles. The fraction of sp³-hybridized carbons (Fsp3) is 0.471. The van der Waals surface area contributed by atoms with E-state index in [-0.39, 0.29) is 0 Å². The van der Waals surface area contributed by atoms with E-state index in [1.54, 1.807) is 0 Å². The van der Waals surface area contributed by atoms with Crippen molar-refractivity contribution in [3.8, 4) is 11.4 Å². The first kappa shape index (κ1) is 12.9. The zero-order chi connectivity index (χ0) is 14.2. The van der Waals surface area contributed by atoms with E-state index in [4.69, 9.17) is 0 Å². The third kappa shape index (κ3) is 2.56. The van der Waals surface area contributed by atoms with E-state index in [1.165, 1.54) is 24.1 Å². The van der Waals surface area contributed by atoms with Crippen LogP contribution in [0.25, 0.3) is 11.4 Å². The molecule has 2 aromatic rings. The Kier molecular flexibility index (Phi) is 3.19. The van der Waals surface area contributed by atoms with E-state index in [1.807, 2.05) is 6.20 Å². The topological polar surface area (TPSA) is 24.3 Å². The molecular weight excluding hydrogens is 260 g/mol. The second-order valence-electron chi connectivity index (χ2n) is 6.23. The zero-order valence-electron chi connectivity index (χ0n) is 12.6. The van der Waals surface area contributed by atoms with Crippen molar-refractivity contribution in [1.29, 1.82) is 0 Å². The first-order chi connectivity index (χ1) is 10.3. The molecule has 1 aromatic heterocycles. The fourth-order valence-corrected chi connectivity index (χ4v) is 3.07. The van der Waals surface area contributed by atoms with Gasteiger partial charge in [0.15, 0.2) is 0 Å². The molecule has 1 aliphatic heterocycles. The lowest BCUT2D eigenvalue weighted by Gasteiger charge is -2.34. The molecule has 4 rings (SSSR count). The molecule has 0 atom stereocenters. The number of anilines is 1. The molecular formula is C17H22N4. The average Bonchev–Trinajstić information content (AvgIpc) is 3.25. The zero-order valence-corrected chi connectivity index (χ0v) is 12.6. The summed E-state index contributed by atoms with van der Waals surface area (Å²) >= 11 is 0. The predicted octanol–water partition coefficient (Wildman–Crippen LogP) is 2.64. The van der Waals surface area contributed by atoms with Crippen LogP contribution in [0.15, 0.2) is 36.7 Å². The Morgan fingerprint density at radius 1 is 1.00 bits per heavy atom. The number of likely N-dealkylation sites (N-methyl/N-ethyl adjacent to an activating group) is 1. The molecule has 4 heteroatoms. The molecule has 1 aliphatic carbocycles. The first-order valence-corrected chi connectivity index (χ1v) is 7.88. The minimum atomic E-state index is 0.680. The molecule has 1 saturated heterocycles. The molecule has 2 fully saturated rings. The molecule has 1 aromatic carbocycles. The first-order valence-electron chi connectivity index (χ1n) is 7.88. The molecule has 0 spiro atoms. The van der Waals surface area contributed by atoms with E-state index in [0.29, 0.717) is 6.04 Å². The quantitative estimate of drug-likeness (QED) is 0.865. The van der Waals surface area contributed by atoms with Crippen LogP contribution in [-0.4, -0.2) is 47.7 Å². The highest BCUT2D eigenvalue weighted by Crippen LogP contribution is 2.38. The van der Waals surface area contributed by atoms with Gasteiger partial charge in [0.25, 0.3) is 0 Å². The van der Waals surface area contributed by atoms with Gasteiger partial charge >= 0.3 is 0 Å². The standard InChI is InChI=1S/C17H22N4/c1-19-10-12-20(13-11-19)15-4-2-14(3-5-15)17-18-8-9-21(17)16-6-7-16/h2-5,8-9,16H,6-7,10-13H2,1H3. The van der Waals surface area contributed by atoms with Gasteiger partial charge in [0, 0.05) is 55.9 Å². The van der Waals surface area contributed by atoms with Gasteiger partial charge in [-0.1, -0.05) is 0 Å². The summed E-state index contributed by atoms with van der Waals surface area (Å²) in [4.78, 5) is 9.40. The lowest BCUT2D eigenvalue weighted by Crippen LogP contribution is -2.44. The highest BCUT2D eigenvalue weighted by atomic mass is 15.2. The highest BCUT2D eigenvalue weighted by molar-refractivity contribution is 5.61. The normalized spacial score (nSPS) is 20.0. The van der Waals surface area contributed by atoms with Crippen molar-refractivity contribution < 1.29 is 0 Å². The predicted molar refractivity (Wildman–Crippen MR) is 85.6 cm³/mol. The second kappa shape index (κ2) is 5.19. The van der Waals surface area contributed by atoms with Gasteiger partial charge in [-0.25, -0.2) is 4.98 Å². The van der Waals surface area contributed by atoms with E-state index in [0.717, 1.165) is 32.0 Å². The largest absolute Gasteiger partial charge is 0.369 e. The minimum Gasteiger partial charge on any atom is -0.369 e. The van der Waals surface area contributed by atoms with Crippen LogP contribution in [0, 0.1) is 0 Å². The van der Waals surface area contributed by atoms with E-state index in [9.17, 15) is 0 Å². The van der Waals surface area contributed by atoms with Crippen molar-refractivity contribution in [2.45, 2.75) is 18.9 Å². The summed E-state index contributed by atoms with van der Waals surface area (Å²) in [5.41, 5.74) is 2.56. The van der Waals surface area contributed by atoms with Gasteiger partial charge in [0.2, 0.25) is 0 Å². The van der Waals surface area contributed by atoms with E-state index < -0.39 is 0 Å². The van der Waals surface area contributed by atoms with Crippen LogP contribution >= 0.6 is 0 Å². The Balaban J connectivity index is 1.54. The van der Waals surface area contributed by atoms with Crippen LogP contribution in [0.5, 0.6) is 0 Å². The number of aromatic nitrogens is 2. The Morgan fingerprint density at radius 3 is 2.38 bits per heavy atom. The number of piperazine rings is 1. The van der Waals surface area contributed by atoms with Crippen LogP contribution in [0.1, 0.15) is 18.9 Å². The summed E-state index contributed by atoms with van der Waals surface area (Å²) in [5, 5.41) is 0. The SMILES string of the molecule is CN1CCN(c2ccc(-c3nccn3C3CC3)cc2)CC1. The average molecular weight is 282 g/mol. The molecule has 2 aliphatic rings. The van der Waals surface area contributed by atoms with Crippen LogP contribution < -0.4 is 4.90 Å². The van der Waals surface area contributed by atoms with Gasteiger partial charge in [0.1, 0.15) is 5.82 Å². The van der Waals surface area contributed by atoms with Gasteiger partial charge < -0.3 is 14.4 Å². The van der Waals surface area contributed by atoms with E-state index >= 15 is 0 Å². The summed E-state index contributed by atoms with van der Waals surface area (Å²) in [5.74, 6) is 1.11. The molecule has 0 N–H and O–H groups in total.